The maximum atomic E-state index is 12.3. The Kier molecular flexibility index (Phi) is 5.17. The summed E-state index contributed by atoms with van der Waals surface area (Å²) < 4.78 is 16.0. The minimum absolute atomic E-state index is 0.185. The van der Waals surface area contributed by atoms with Crippen molar-refractivity contribution in [2.75, 3.05) is 26.1 Å². The van der Waals surface area contributed by atoms with E-state index in [1.807, 2.05) is 24.3 Å². The Balaban J connectivity index is 1.72. The molecule has 0 fully saturated rings. The number of aryl methyl sites for hydroxylation is 1. The molecule has 1 heterocycles. The van der Waals surface area contributed by atoms with Crippen LogP contribution in [0.25, 0.3) is 10.9 Å². The highest BCUT2D eigenvalue weighted by Gasteiger charge is 2.12. The van der Waals surface area contributed by atoms with Gasteiger partial charge in [-0.05, 0) is 31.2 Å². The van der Waals surface area contributed by atoms with Crippen LogP contribution >= 0.6 is 0 Å². The van der Waals surface area contributed by atoms with E-state index in [-0.39, 0.29) is 12.5 Å². The van der Waals surface area contributed by atoms with Crippen molar-refractivity contribution in [3.63, 3.8) is 0 Å². The summed E-state index contributed by atoms with van der Waals surface area (Å²) in [7, 11) is 3.09. The predicted molar refractivity (Wildman–Crippen MR) is 97.9 cm³/mol. The van der Waals surface area contributed by atoms with Crippen LogP contribution in [0.2, 0.25) is 0 Å². The first-order valence-electron chi connectivity index (χ1n) is 7.99. The predicted octanol–water partition coefficient (Wildman–Crippen LogP) is 2.97. The monoisotopic (exact) mass is 353 g/mol. The number of carbonyl (C=O) groups excluding carboxylic acids is 1. The molecule has 3 aromatic rings. The first-order chi connectivity index (χ1) is 12.6. The Morgan fingerprint density at radius 3 is 2.65 bits per heavy atom. The van der Waals surface area contributed by atoms with Gasteiger partial charge in [-0.1, -0.05) is 12.1 Å². The summed E-state index contributed by atoms with van der Waals surface area (Å²) in [5.41, 5.74) is 1.30. The lowest BCUT2D eigenvalue weighted by atomic mass is 10.2. The van der Waals surface area contributed by atoms with Gasteiger partial charge in [-0.3, -0.25) is 4.79 Å². The van der Waals surface area contributed by atoms with E-state index in [4.69, 9.17) is 14.2 Å². The molecular formula is C19H19N3O4. The topological polar surface area (TPSA) is 82.6 Å². The lowest BCUT2D eigenvalue weighted by Crippen LogP contribution is -2.21. The van der Waals surface area contributed by atoms with E-state index < -0.39 is 0 Å². The number of amides is 1. The summed E-state index contributed by atoms with van der Waals surface area (Å²) >= 11 is 0. The summed E-state index contributed by atoms with van der Waals surface area (Å²) in [5, 5.41) is 3.52. The van der Waals surface area contributed by atoms with Crippen molar-refractivity contribution in [3.05, 3.63) is 48.3 Å². The van der Waals surface area contributed by atoms with Crippen LogP contribution in [0.15, 0.2) is 42.5 Å². The highest BCUT2D eigenvalue weighted by atomic mass is 16.5. The molecule has 2 aromatic carbocycles. The number of anilines is 1. The number of nitrogens with one attached hydrogen (secondary N) is 1. The van der Waals surface area contributed by atoms with E-state index in [1.54, 1.807) is 32.2 Å². The molecule has 134 valence electrons. The number of aromatic nitrogens is 2. The average molecular weight is 353 g/mol. The Labute approximate surface area is 150 Å². The molecule has 7 heteroatoms. The molecule has 0 saturated heterocycles. The number of benzene rings is 2. The van der Waals surface area contributed by atoms with E-state index in [9.17, 15) is 4.79 Å². The lowest BCUT2D eigenvalue weighted by Gasteiger charge is -2.12. The lowest BCUT2D eigenvalue weighted by molar-refractivity contribution is -0.118. The first-order valence-corrected chi connectivity index (χ1v) is 7.99. The summed E-state index contributed by atoms with van der Waals surface area (Å²) in [4.78, 5) is 20.9. The van der Waals surface area contributed by atoms with Crippen LogP contribution in [0.5, 0.6) is 17.4 Å². The molecule has 26 heavy (non-hydrogen) atoms. The van der Waals surface area contributed by atoms with Crippen molar-refractivity contribution >= 4 is 22.5 Å². The molecule has 0 bridgehead atoms. The fourth-order valence-electron chi connectivity index (χ4n) is 2.49. The van der Waals surface area contributed by atoms with E-state index >= 15 is 0 Å². The van der Waals surface area contributed by atoms with Gasteiger partial charge in [0.15, 0.2) is 6.61 Å². The second-order valence-electron chi connectivity index (χ2n) is 5.50. The molecule has 0 saturated carbocycles. The van der Waals surface area contributed by atoms with Crippen molar-refractivity contribution < 1.29 is 19.0 Å². The fourth-order valence-corrected chi connectivity index (χ4v) is 2.49. The number of hydrogen-bond acceptors (Lipinski definition) is 6. The van der Waals surface area contributed by atoms with Gasteiger partial charge in [0.05, 0.1) is 30.8 Å². The molecule has 0 aliphatic carbocycles. The second-order valence-corrected chi connectivity index (χ2v) is 5.50. The number of hydrogen-bond donors (Lipinski definition) is 1. The maximum Gasteiger partial charge on any atom is 0.262 e. The summed E-state index contributed by atoms with van der Waals surface area (Å²) in [5.74, 6) is 1.77. The number of carbonyl (C=O) groups is 1. The van der Waals surface area contributed by atoms with Crippen molar-refractivity contribution in [2.24, 2.45) is 0 Å². The van der Waals surface area contributed by atoms with Gasteiger partial charge < -0.3 is 19.5 Å². The van der Waals surface area contributed by atoms with Gasteiger partial charge in [0, 0.05) is 6.07 Å². The third-order valence-corrected chi connectivity index (χ3v) is 3.70. The fraction of sp³-hybridized carbons (Fsp3) is 0.211. The van der Waals surface area contributed by atoms with Crippen molar-refractivity contribution in [3.8, 4) is 17.4 Å². The third-order valence-electron chi connectivity index (χ3n) is 3.70. The van der Waals surface area contributed by atoms with Gasteiger partial charge >= 0.3 is 0 Å². The minimum atomic E-state index is -0.325. The highest BCUT2D eigenvalue weighted by Crippen LogP contribution is 2.29. The van der Waals surface area contributed by atoms with Crippen LogP contribution in [0.3, 0.4) is 0 Å². The average Bonchev–Trinajstić information content (AvgIpc) is 2.66. The maximum absolute atomic E-state index is 12.3. The smallest absolute Gasteiger partial charge is 0.262 e. The van der Waals surface area contributed by atoms with Crippen LogP contribution < -0.4 is 19.5 Å². The molecule has 0 aliphatic heterocycles. The van der Waals surface area contributed by atoms with Crippen molar-refractivity contribution in [1.29, 1.82) is 0 Å². The molecule has 7 nitrogen and oxygen atoms in total. The summed E-state index contributed by atoms with van der Waals surface area (Å²) in [6, 6.07) is 12.6. The van der Waals surface area contributed by atoms with E-state index in [1.165, 1.54) is 7.11 Å². The number of nitrogens with zero attached hydrogens (tertiary/aromatic N) is 2. The molecule has 0 aliphatic rings. The molecular weight excluding hydrogens is 334 g/mol. The van der Waals surface area contributed by atoms with Crippen molar-refractivity contribution in [1.82, 2.24) is 9.97 Å². The van der Waals surface area contributed by atoms with Gasteiger partial charge in [-0.2, -0.15) is 4.98 Å². The molecule has 0 spiro atoms. The Morgan fingerprint density at radius 1 is 1.08 bits per heavy atom. The molecule has 3 rings (SSSR count). The zero-order valence-electron chi connectivity index (χ0n) is 14.8. The molecule has 1 amide bonds. The number of methoxy groups -OCH3 is 2. The van der Waals surface area contributed by atoms with Crippen LogP contribution in [-0.4, -0.2) is 36.7 Å². The Bertz CT molecular complexity index is 943. The number of fused-ring (bicyclic) bond motifs is 1. The zero-order valence-corrected chi connectivity index (χ0v) is 14.8. The van der Waals surface area contributed by atoms with E-state index in [0.29, 0.717) is 28.9 Å². The first kappa shape index (κ1) is 17.5. The molecule has 1 N–H and O–H groups in total. The van der Waals surface area contributed by atoms with Crippen LogP contribution in [0.1, 0.15) is 5.82 Å². The molecule has 0 radical (unpaired) electrons. The number of ether oxygens (including phenoxy) is 3. The zero-order chi connectivity index (χ0) is 18.5. The van der Waals surface area contributed by atoms with Gasteiger partial charge in [-0.15, -0.1) is 0 Å². The summed E-state index contributed by atoms with van der Waals surface area (Å²) in [6.07, 6.45) is 0. The summed E-state index contributed by atoms with van der Waals surface area (Å²) in [6.45, 7) is 1.59. The normalized spacial score (nSPS) is 10.4. The van der Waals surface area contributed by atoms with Crippen LogP contribution in [0, 0.1) is 6.92 Å². The Hall–Kier alpha value is -3.35. The molecule has 1 aromatic heterocycles. The largest absolute Gasteiger partial charge is 0.497 e. The van der Waals surface area contributed by atoms with Gasteiger partial charge in [0.25, 0.3) is 5.91 Å². The molecule has 0 atom stereocenters. The number of para-hydroxylation sites is 1. The van der Waals surface area contributed by atoms with Gasteiger partial charge in [0.2, 0.25) is 5.88 Å². The van der Waals surface area contributed by atoms with Crippen molar-refractivity contribution in [2.45, 2.75) is 6.92 Å². The second kappa shape index (κ2) is 7.69. The van der Waals surface area contributed by atoms with E-state index in [2.05, 4.69) is 15.3 Å². The quantitative estimate of drug-likeness (QED) is 0.734. The SMILES string of the molecule is COc1ccc(NC(=O)COc2nc(C)nc3ccccc23)c(OC)c1. The highest BCUT2D eigenvalue weighted by molar-refractivity contribution is 5.93. The third kappa shape index (κ3) is 3.83. The number of rotatable bonds is 6. The molecule has 0 unspecified atom stereocenters. The van der Waals surface area contributed by atoms with E-state index in [0.717, 1.165) is 10.9 Å². The van der Waals surface area contributed by atoms with Crippen LogP contribution in [0.4, 0.5) is 5.69 Å². The van der Waals surface area contributed by atoms with Crippen LogP contribution in [-0.2, 0) is 4.79 Å². The van der Waals surface area contributed by atoms with Gasteiger partial charge in [-0.25, -0.2) is 4.98 Å². The minimum Gasteiger partial charge on any atom is -0.497 e. The standard InChI is InChI=1S/C19H19N3O4/c1-12-20-15-7-5-4-6-14(15)19(21-12)26-11-18(23)22-16-9-8-13(24-2)10-17(16)25-3/h4-10H,11H2,1-3H3,(H,22,23). The Morgan fingerprint density at radius 2 is 1.88 bits per heavy atom. The van der Waals surface area contributed by atoms with Gasteiger partial charge in [0.1, 0.15) is 17.3 Å².